The zero-order valence-corrected chi connectivity index (χ0v) is 16.7. The van der Waals surface area contributed by atoms with Gasteiger partial charge in [-0.1, -0.05) is 0 Å². The summed E-state index contributed by atoms with van der Waals surface area (Å²) in [7, 11) is 1.21. The van der Waals surface area contributed by atoms with Crippen LogP contribution in [-0.2, 0) is 19.1 Å². The molecule has 0 aromatic rings. The molecule has 0 radical (unpaired) electrons. The number of ether oxygens (including phenoxy) is 2. The van der Waals surface area contributed by atoms with E-state index in [-0.39, 0.29) is 19.4 Å². The zero-order valence-electron chi connectivity index (χ0n) is 16.7. The number of carbonyl (C=O) groups is 3. The lowest BCUT2D eigenvalue weighted by Crippen LogP contribution is -2.49. The molecule has 0 aromatic carbocycles. The third kappa shape index (κ3) is 4.32. The Balaban J connectivity index is 2.17. The molecular weight excluding hydrogens is 362 g/mol. The van der Waals surface area contributed by atoms with Gasteiger partial charge in [0.25, 0.3) is 5.92 Å². The number of fused-ring (bicyclic) bond motifs is 1. The monoisotopic (exact) mass is 390 g/mol. The molecule has 9 heteroatoms. The fourth-order valence-corrected chi connectivity index (χ4v) is 3.68. The van der Waals surface area contributed by atoms with Gasteiger partial charge in [-0.15, -0.1) is 0 Å². The summed E-state index contributed by atoms with van der Waals surface area (Å²) in [5.74, 6) is -4.38. The van der Waals surface area contributed by atoms with Crippen LogP contribution in [0.4, 0.5) is 13.6 Å². The lowest BCUT2D eigenvalue weighted by molar-refractivity contribution is -0.156. The largest absolute Gasteiger partial charge is 0.469 e. The molecule has 2 rings (SSSR count). The first kappa shape index (κ1) is 21.4. The predicted molar refractivity (Wildman–Crippen MR) is 92.2 cm³/mol. The van der Waals surface area contributed by atoms with Crippen LogP contribution in [0.25, 0.3) is 0 Å². The smallest absolute Gasteiger partial charge is 0.410 e. The Morgan fingerprint density at radius 2 is 1.70 bits per heavy atom. The van der Waals surface area contributed by atoms with Crippen molar-refractivity contribution in [3.8, 4) is 0 Å². The van der Waals surface area contributed by atoms with Gasteiger partial charge < -0.3 is 14.4 Å². The highest BCUT2D eigenvalue weighted by atomic mass is 19.3. The first-order valence-corrected chi connectivity index (χ1v) is 8.95. The Kier molecular flexibility index (Phi) is 5.47. The Morgan fingerprint density at radius 1 is 1.11 bits per heavy atom. The lowest BCUT2D eigenvalue weighted by atomic mass is 9.88. The van der Waals surface area contributed by atoms with Crippen LogP contribution >= 0.6 is 0 Å². The number of alkyl halides is 2. The van der Waals surface area contributed by atoms with Crippen molar-refractivity contribution < 1.29 is 32.6 Å². The number of amides is 2. The number of likely N-dealkylation sites (tertiary alicyclic amines) is 2. The van der Waals surface area contributed by atoms with E-state index in [1.165, 1.54) is 21.0 Å². The zero-order chi connectivity index (χ0) is 20.8. The van der Waals surface area contributed by atoms with Crippen molar-refractivity contribution in [2.24, 2.45) is 5.41 Å². The minimum Gasteiger partial charge on any atom is -0.469 e. The van der Waals surface area contributed by atoms with Crippen LogP contribution in [-0.4, -0.2) is 71.6 Å². The van der Waals surface area contributed by atoms with Crippen molar-refractivity contribution in [3.63, 3.8) is 0 Å². The van der Waals surface area contributed by atoms with Gasteiger partial charge in [0.2, 0.25) is 5.91 Å². The average Bonchev–Trinajstić information content (AvgIpc) is 3.04. The molecule has 2 heterocycles. The van der Waals surface area contributed by atoms with Crippen molar-refractivity contribution in [1.29, 1.82) is 0 Å². The quantitative estimate of drug-likeness (QED) is 0.692. The standard InChI is InChI=1S/C18H28F2N2O5/c1-16(2,3)27-15(25)22-10-18(19,20)13-11(22)7-8-21(13)12(23)9-17(4,5)14(24)26-6/h11,13H,7-10H2,1-6H3/t11-,13+/m0/s1. The summed E-state index contributed by atoms with van der Waals surface area (Å²) in [6, 6.07) is -2.22. The molecule has 2 aliphatic heterocycles. The fraction of sp³-hybridized carbons (Fsp3) is 0.833. The molecule has 2 fully saturated rings. The highest BCUT2D eigenvalue weighted by molar-refractivity contribution is 5.86. The van der Waals surface area contributed by atoms with Crippen molar-refractivity contribution in [3.05, 3.63) is 0 Å². The third-order valence-corrected chi connectivity index (χ3v) is 4.86. The van der Waals surface area contributed by atoms with Crippen LogP contribution < -0.4 is 0 Å². The molecule has 0 bridgehead atoms. The molecule has 27 heavy (non-hydrogen) atoms. The SMILES string of the molecule is COC(=O)C(C)(C)CC(=O)N1CC[C@H]2[C@@H]1C(F)(F)CN2C(=O)OC(C)(C)C. The molecule has 7 nitrogen and oxygen atoms in total. The fourth-order valence-electron chi connectivity index (χ4n) is 3.68. The number of methoxy groups -OCH3 is 1. The molecule has 0 spiro atoms. The van der Waals surface area contributed by atoms with Crippen LogP contribution in [0.3, 0.4) is 0 Å². The summed E-state index contributed by atoms with van der Waals surface area (Å²) < 4.78 is 39.3. The van der Waals surface area contributed by atoms with Gasteiger partial charge in [0.15, 0.2) is 0 Å². The van der Waals surface area contributed by atoms with Gasteiger partial charge >= 0.3 is 12.1 Å². The molecule has 0 N–H and O–H groups in total. The van der Waals surface area contributed by atoms with Crippen LogP contribution in [0.5, 0.6) is 0 Å². The van der Waals surface area contributed by atoms with Crippen LogP contribution in [0.2, 0.25) is 0 Å². The van der Waals surface area contributed by atoms with Crippen molar-refractivity contribution in [2.75, 3.05) is 20.2 Å². The Labute approximate surface area is 157 Å². The molecule has 2 saturated heterocycles. The Bertz CT molecular complexity index is 630. The van der Waals surface area contributed by atoms with Crippen LogP contribution in [0.1, 0.15) is 47.5 Å². The highest BCUT2D eigenvalue weighted by Crippen LogP contribution is 2.43. The third-order valence-electron chi connectivity index (χ3n) is 4.86. The molecule has 2 aliphatic rings. The van der Waals surface area contributed by atoms with Gasteiger partial charge in [-0.3, -0.25) is 14.5 Å². The summed E-state index contributed by atoms with van der Waals surface area (Å²) in [4.78, 5) is 38.9. The van der Waals surface area contributed by atoms with Crippen molar-refractivity contribution >= 4 is 18.0 Å². The van der Waals surface area contributed by atoms with E-state index in [0.717, 1.165) is 9.80 Å². The maximum atomic E-state index is 14.7. The summed E-state index contributed by atoms with van der Waals surface area (Å²) in [5.41, 5.74) is -1.92. The summed E-state index contributed by atoms with van der Waals surface area (Å²) in [6.07, 6.45) is -0.811. The number of hydrogen-bond acceptors (Lipinski definition) is 5. The number of hydrogen-bond donors (Lipinski definition) is 0. The van der Waals surface area contributed by atoms with Gasteiger partial charge in [0.1, 0.15) is 11.6 Å². The molecule has 0 aromatic heterocycles. The van der Waals surface area contributed by atoms with Crippen LogP contribution in [0.15, 0.2) is 0 Å². The van der Waals surface area contributed by atoms with E-state index in [1.807, 2.05) is 0 Å². The first-order chi connectivity index (χ1) is 12.2. The minimum atomic E-state index is -3.25. The second-order valence-corrected chi connectivity index (χ2v) is 8.81. The minimum absolute atomic E-state index is 0.0975. The lowest BCUT2D eigenvalue weighted by Gasteiger charge is -2.30. The maximum absolute atomic E-state index is 14.7. The van der Waals surface area contributed by atoms with Gasteiger partial charge in [-0.25, -0.2) is 13.6 Å². The maximum Gasteiger partial charge on any atom is 0.410 e. The van der Waals surface area contributed by atoms with Crippen LogP contribution in [0, 0.1) is 5.41 Å². The average molecular weight is 390 g/mol. The van der Waals surface area contributed by atoms with E-state index in [0.29, 0.717) is 0 Å². The second-order valence-electron chi connectivity index (χ2n) is 8.81. The number of rotatable bonds is 3. The second kappa shape index (κ2) is 6.91. The number of halogens is 2. The molecular formula is C18H28F2N2O5. The number of nitrogens with zero attached hydrogens (tertiary/aromatic N) is 2. The molecule has 2 amide bonds. The van der Waals surface area contributed by atoms with Crippen molar-refractivity contribution in [2.45, 2.75) is 71.1 Å². The Hall–Kier alpha value is -1.93. The van der Waals surface area contributed by atoms with Gasteiger partial charge in [0, 0.05) is 13.0 Å². The summed E-state index contributed by atoms with van der Waals surface area (Å²) >= 11 is 0. The number of carbonyl (C=O) groups excluding carboxylic acids is 3. The Morgan fingerprint density at radius 3 is 2.22 bits per heavy atom. The molecule has 2 atom stereocenters. The molecule has 0 saturated carbocycles. The van der Waals surface area contributed by atoms with E-state index in [2.05, 4.69) is 4.74 Å². The summed E-state index contributed by atoms with van der Waals surface area (Å²) in [5, 5.41) is 0. The van der Waals surface area contributed by atoms with E-state index < -0.39 is 53.5 Å². The van der Waals surface area contributed by atoms with Gasteiger partial charge in [-0.2, -0.15) is 0 Å². The number of esters is 1. The topological polar surface area (TPSA) is 76.2 Å². The normalized spacial score (nSPS) is 24.6. The summed E-state index contributed by atoms with van der Waals surface area (Å²) in [6.45, 7) is 7.36. The van der Waals surface area contributed by atoms with E-state index in [1.54, 1.807) is 20.8 Å². The van der Waals surface area contributed by atoms with E-state index in [9.17, 15) is 23.2 Å². The van der Waals surface area contributed by atoms with E-state index in [4.69, 9.17) is 4.74 Å². The van der Waals surface area contributed by atoms with Gasteiger partial charge in [-0.05, 0) is 41.0 Å². The highest BCUT2D eigenvalue weighted by Gasteiger charge is 2.62. The molecule has 0 aliphatic carbocycles. The van der Waals surface area contributed by atoms with Crippen molar-refractivity contribution in [1.82, 2.24) is 9.80 Å². The van der Waals surface area contributed by atoms with E-state index >= 15 is 0 Å². The predicted octanol–water partition coefficient (Wildman–Crippen LogP) is 2.43. The first-order valence-electron chi connectivity index (χ1n) is 8.95. The molecule has 0 unspecified atom stereocenters. The molecule has 154 valence electrons. The van der Waals surface area contributed by atoms with Gasteiger partial charge in [0.05, 0.1) is 25.1 Å².